The van der Waals surface area contributed by atoms with Crippen LogP contribution >= 0.6 is 0 Å². The van der Waals surface area contributed by atoms with Crippen LogP contribution in [0.25, 0.3) is 11.1 Å². The third-order valence-electron chi connectivity index (χ3n) is 7.11. The lowest BCUT2D eigenvalue weighted by Gasteiger charge is -2.18. The minimum atomic E-state index is -0.522. The van der Waals surface area contributed by atoms with Gasteiger partial charge >= 0.3 is 6.09 Å². The van der Waals surface area contributed by atoms with Gasteiger partial charge in [0.15, 0.2) is 0 Å². The molecule has 9 nitrogen and oxygen atoms in total. The first-order chi connectivity index (χ1) is 16.1. The van der Waals surface area contributed by atoms with Crippen molar-refractivity contribution < 1.29 is 23.8 Å². The third kappa shape index (κ3) is 3.20. The molecular formula is C23H22FN5O4. The summed E-state index contributed by atoms with van der Waals surface area (Å²) in [7, 11) is 0. The summed E-state index contributed by atoms with van der Waals surface area (Å²) in [5.74, 6) is 0.138. The Bertz CT molecular complexity index is 1180. The fraction of sp³-hybridized carbons (Fsp3) is 0.391. The smallest absolute Gasteiger partial charge is 0.414 e. The van der Waals surface area contributed by atoms with E-state index in [1.54, 1.807) is 35.4 Å². The number of carbonyl (C=O) groups is 1. The number of aliphatic hydroxyl groups excluding tert-OH is 1. The number of benzene rings is 1. The normalized spacial score (nSPS) is 28.1. The molecule has 3 fully saturated rings. The number of anilines is 1. The van der Waals surface area contributed by atoms with Crippen LogP contribution in [0.4, 0.5) is 14.9 Å². The summed E-state index contributed by atoms with van der Waals surface area (Å²) in [6, 6.07) is 8.36. The Morgan fingerprint density at radius 1 is 1.21 bits per heavy atom. The molecular weight excluding hydrogens is 429 g/mol. The molecule has 2 saturated heterocycles. The molecule has 0 spiro atoms. The van der Waals surface area contributed by atoms with E-state index in [1.165, 1.54) is 11.0 Å². The van der Waals surface area contributed by atoms with Gasteiger partial charge in [0.05, 0.1) is 44.8 Å². The second-order valence-corrected chi connectivity index (χ2v) is 8.79. The van der Waals surface area contributed by atoms with E-state index in [9.17, 15) is 9.90 Å². The maximum Gasteiger partial charge on any atom is 0.414 e. The lowest BCUT2D eigenvalue weighted by molar-refractivity contribution is 0.118. The molecule has 4 atom stereocenters. The minimum absolute atomic E-state index is 0.0327. The lowest BCUT2D eigenvalue weighted by atomic mass is 9.95. The molecule has 1 unspecified atom stereocenters. The first-order valence-corrected chi connectivity index (χ1v) is 10.9. The molecule has 1 aromatic carbocycles. The standard InChI is InChI=1S/C23H22FN5O4/c24-20-7-15(29-10-16(33-22(29)31)9-28-6-5-26-27-28)2-3-17(20)14-1-4-21(25-8-14)23(13-30)18-11-32-12-19(18)23/h1-8,16,18-19,30H,9-13H2/t16-,18-,19+,23?/m0/s1. The van der Waals surface area contributed by atoms with Gasteiger partial charge in [-0.15, -0.1) is 5.10 Å². The summed E-state index contributed by atoms with van der Waals surface area (Å²) in [6.45, 7) is 1.99. The average Bonchev–Trinajstić information content (AvgIpc) is 3.35. The molecule has 4 heterocycles. The molecule has 2 aliphatic heterocycles. The van der Waals surface area contributed by atoms with Crippen molar-refractivity contribution in [3.63, 3.8) is 0 Å². The van der Waals surface area contributed by atoms with Crippen molar-refractivity contribution >= 4 is 11.8 Å². The van der Waals surface area contributed by atoms with E-state index in [1.807, 2.05) is 12.1 Å². The summed E-state index contributed by atoms with van der Waals surface area (Å²) in [5, 5.41) is 17.6. The topological polar surface area (TPSA) is 103 Å². The summed E-state index contributed by atoms with van der Waals surface area (Å²) < 4.78 is 27.5. The van der Waals surface area contributed by atoms with E-state index in [-0.39, 0.29) is 12.0 Å². The molecule has 3 aromatic rings. The van der Waals surface area contributed by atoms with Crippen molar-refractivity contribution in [2.24, 2.45) is 11.8 Å². The van der Waals surface area contributed by atoms with E-state index >= 15 is 4.39 Å². The molecule has 6 rings (SSSR count). The number of hydrogen-bond donors (Lipinski definition) is 1. The Hall–Kier alpha value is -3.37. The minimum Gasteiger partial charge on any atom is -0.442 e. The fourth-order valence-electron chi connectivity index (χ4n) is 5.25. The number of carbonyl (C=O) groups excluding carboxylic acids is 1. The van der Waals surface area contributed by atoms with Gasteiger partial charge in [-0.25, -0.2) is 13.9 Å². The monoisotopic (exact) mass is 451 g/mol. The Morgan fingerprint density at radius 2 is 2.06 bits per heavy atom. The SMILES string of the molecule is O=C1O[C@@H](Cn2ccnn2)CN1c1ccc(-c2ccc(C3(CO)[C@@H]4COC[C@@H]43)nc2)c(F)c1. The number of cyclic esters (lactones) is 1. The van der Waals surface area contributed by atoms with Crippen molar-refractivity contribution in [2.75, 3.05) is 31.3 Å². The fourth-order valence-corrected chi connectivity index (χ4v) is 5.25. The highest BCUT2D eigenvalue weighted by Crippen LogP contribution is 2.62. The quantitative estimate of drug-likeness (QED) is 0.612. The summed E-state index contributed by atoms with van der Waals surface area (Å²) in [5.41, 5.74) is 1.94. The number of halogens is 1. The predicted octanol–water partition coefficient (Wildman–Crippen LogP) is 2.01. The molecule has 170 valence electrons. The Kier molecular flexibility index (Phi) is 4.66. The molecule has 0 bridgehead atoms. The molecule has 1 aliphatic carbocycles. The van der Waals surface area contributed by atoms with Crippen LogP contribution in [-0.4, -0.2) is 63.6 Å². The van der Waals surface area contributed by atoms with Crippen LogP contribution in [0.15, 0.2) is 48.9 Å². The van der Waals surface area contributed by atoms with Crippen molar-refractivity contribution in [1.82, 2.24) is 20.0 Å². The average molecular weight is 451 g/mol. The van der Waals surface area contributed by atoms with Crippen molar-refractivity contribution in [1.29, 1.82) is 0 Å². The molecule has 10 heteroatoms. The summed E-state index contributed by atoms with van der Waals surface area (Å²) >= 11 is 0. The lowest BCUT2D eigenvalue weighted by Crippen LogP contribution is -2.26. The third-order valence-corrected chi connectivity index (χ3v) is 7.11. The number of amides is 1. The van der Waals surface area contributed by atoms with E-state index in [4.69, 9.17) is 9.47 Å². The van der Waals surface area contributed by atoms with Crippen LogP contribution < -0.4 is 4.90 Å². The zero-order chi connectivity index (χ0) is 22.6. The molecule has 1 amide bonds. The number of hydrogen-bond acceptors (Lipinski definition) is 7. The maximum atomic E-state index is 15.0. The Morgan fingerprint density at radius 3 is 2.73 bits per heavy atom. The second kappa shape index (κ2) is 7.60. The van der Waals surface area contributed by atoms with E-state index < -0.39 is 18.0 Å². The van der Waals surface area contributed by atoms with E-state index in [2.05, 4.69) is 15.3 Å². The van der Waals surface area contributed by atoms with Gasteiger partial charge in [-0.1, -0.05) is 11.3 Å². The molecule has 3 aliphatic rings. The number of fused-ring (bicyclic) bond motifs is 1. The van der Waals surface area contributed by atoms with Gasteiger partial charge in [0.1, 0.15) is 11.9 Å². The molecule has 2 aromatic heterocycles. The van der Waals surface area contributed by atoms with Gasteiger partial charge in [-0.05, 0) is 24.3 Å². The number of nitrogens with zero attached hydrogens (tertiary/aromatic N) is 5. The Labute approximate surface area is 188 Å². The number of aromatic nitrogens is 4. The number of rotatable bonds is 6. The van der Waals surface area contributed by atoms with Crippen LogP contribution in [0.5, 0.6) is 0 Å². The number of ether oxygens (including phenoxy) is 2. The first-order valence-electron chi connectivity index (χ1n) is 10.9. The molecule has 33 heavy (non-hydrogen) atoms. The molecule has 1 saturated carbocycles. The van der Waals surface area contributed by atoms with Crippen molar-refractivity contribution in [2.45, 2.75) is 18.1 Å². The zero-order valence-corrected chi connectivity index (χ0v) is 17.7. The van der Waals surface area contributed by atoms with Gasteiger partial charge in [0.2, 0.25) is 0 Å². The number of aliphatic hydroxyl groups is 1. The van der Waals surface area contributed by atoms with Gasteiger partial charge in [0.25, 0.3) is 0 Å². The van der Waals surface area contributed by atoms with Crippen LogP contribution in [0.2, 0.25) is 0 Å². The number of pyridine rings is 1. The zero-order valence-electron chi connectivity index (χ0n) is 17.7. The van der Waals surface area contributed by atoms with Crippen molar-refractivity contribution in [3.8, 4) is 11.1 Å². The largest absolute Gasteiger partial charge is 0.442 e. The van der Waals surface area contributed by atoms with Crippen molar-refractivity contribution in [3.05, 3.63) is 60.4 Å². The first kappa shape index (κ1) is 20.3. The van der Waals surface area contributed by atoms with Gasteiger partial charge < -0.3 is 14.6 Å². The highest BCUT2D eigenvalue weighted by molar-refractivity contribution is 5.90. The summed E-state index contributed by atoms with van der Waals surface area (Å²) in [4.78, 5) is 18.3. The van der Waals surface area contributed by atoms with E-state index in [0.717, 1.165) is 5.69 Å². The second-order valence-electron chi connectivity index (χ2n) is 8.79. The van der Waals surface area contributed by atoms with Gasteiger partial charge in [-0.3, -0.25) is 9.88 Å². The highest BCUT2D eigenvalue weighted by Gasteiger charge is 2.68. The highest BCUT2D eigenvalue weighted by atomic mass is 19.1. The molecule has 1 N–H and O–H groups in total. The van der Waals surface area contributed by atoms with Crippen LogP contribution in [-0.2, 0) is 21.4 Å². The van der Waals surface area contributed by atoms with Crippen LogP contribution in [0.3, 0.4) is 0 Å². The van der Waals surface area contributed by atoms with Gasteiger partial charge in [-0.2, -0.15) is 0 Å². The van der Waals surface area contributed by atoms with Crippen LogP contribution in [0, 0.1) is 17.7 Å². The Balaban J connectivity index is 1.19. The van der Waals surface area contributed by atoms with Gasteiger partial charge in [0, 0.05) is 46.5 Å². The van der Waals surface area contributed by atoms with E-state index in [0.29, 0.717) is 55.0 Å². The molecule has 0 radical (unpaired) electrons. The van der Waals surface area contributed by atoms with Crippen LogP contribution in [0.1, 0.15) is 5.69 Å². The summed E-state index contributed by atoms with van der Waals surface area (Å²) in [6.07, 6.45) is 3.96. The predicted molar refractivity (Wildman–Crippen MR) is 114 cm³/mol. The maximum absolute atomic E-state index is 15.0.